The first kappa shape index (κ1) is 15.2. The van der Waals surface area contributed by atoms with Gasteiger partial charge in [-0.1, -0.05) is 23.4 Å². The summed E-state index contributed by atoms with van der Waals surface area (Å²) < 4.78 is 0. The van der Waals surface area contributed by atoms with Gasteiger partial charge in [0.25, 0.3) is 11.6 Å². The van der Waals surface area contributed by atoms with Crippen LogP contribution >= 0.6 is 11.3 Å². The van der Waals surface area contributed by atoms with Crippen molar-refractivity contribution in [3.63, 3.8) is 0 Å². The molecule has 23 heavy (non-hydrogen) atoms. The van der Waals surface area contributed by atoms with Crippen LogP contribution in [0.3, 0.4) is 0 Å². The summed E-state index contributed by atoms with van der Waals surface area (Å²) in [7, 11) is 0. The average molecular weight is 331 g/mol. The van der Waals surface area contributed by atoms with Gasteiger partial charge < -0.3 is 10.2 Å². The van der Waals surface area contributed by atoms with Crippen molar-refractivity contribution >= 4 is 28.6 Å². The van der Waals surface area contributed by atoms with Gasteiger partial charge in [-0.3, -0.25) is 14.9 Å². The molecule has 0 saturated heterocycles. The molecule has 1 atom stereocenters. The summed E-state index contributed by atoms with van der Waals surface area (Å²) in [6, 6.07) is 10.1. The second kappa shape index (κ2) is 6.57. The van der Waals surface area contributed by atoms with Gasteiger partial charge >= 0.3 is 0 Å². The van der Waals surface area contributed by atoms with Gasteiger partial charge in [0.1, 0.15) is 0 Å². The maximum absolute atomic E-state index is 12.1. The molecule has 1 aliphatic rings. The molecule has 2 heterocycles. The number of hydrogen-bond donors (Lipinski definition) is 1. The van der Waals surface area contributed by atoms with Gasteiger partial charge in [0.2, 0.25) is 6.10 Å². The molecule has 1 aromatic heterocycles. The molecule has 118 valence electrons. The summed E-state index contributed by atoms with van der Waals surface area (Å²) in [5, 5.41) is 19.6. The van der Waals surface area contributed by atoms with Crippen molar-refractivity contribution in [3.8, 4) is 0 Å². The van der Waals surface area contributed by atoms with Crippen LogP contribution in [-0.4, -0.2) is 22.6 Å². The molecule has 0 unspecified atom stereocenters. The van der Waals surface area contributed by atoms with E-state index in [4.69, 9.17) is 4.84 Å². The molecule has 2 aromatic rings. The number of para-hydroxylation sites is 1. The third-order valence-corrected chi connectivity index (χ3v) is 4.27. The van der Waals surface area contributed by atoms with E-state index in [1.807, 2.05) is 17.5 Å². The molecule has 1 amide bonds. The highest BCUT2D eigenvalue weighted by molar-refractivity contribution is 7.09. The predicted octanol–water partition coefficient (Wildman–Crippen LogP) is 2.47. The fourth-order valence-electron chi connectivity index (χ4n) is 2.26. The van der Waals surface area contributed by atoms with Gasteiger partial charge in [0.05, 0.1) is 22.7 Å². The zero-order valence-corrected chi connectivity index (χ0v) is 12.8. The number of amides is 1. The van der Waals surface area contributed by atoms with Crippen molar-refractivity contribution in [1.82, 2.24) is 5.32 Å². The normalized spacial score (nSPS) is 16.5. The Hall–Kier alpha value is -2.74. The Morgan fingerprint density at radius 3 is 2.96 bits per heavy atom. The summed E-state index contributed by atoms with van der Waals surface area (Å²) in [6.07, 6.45) is -0.550. The first-order valence-corrected chi connectivity index (χ1v) is 7.79. The lowest BCUT2D eigenvalue weighted by Crippen LogP contribution is -2.34. The van der Waals surface area contributed by atoms with Gasteiger partial charge in [0.15, 0.2) is 0 Å². The number of rotatable bonds is 5. The van der Waals surface area contributed by atoms with Crippen LogP contribution in [0, 0.1) is 10.1 Å². The SMILES string of the molecule is O=C(NCc1cccs1)[C@@H]1CC(c2ccccc2[N+](=O)[O-])=NO1. The summed E-state index contributed by atoms with van der Waals surface area (Å²) in [6.45, 7) is 0.428. The van der Waals surface area contributed by atoms with Crippen LogP contribution in [-0.2, 0) is 16.2 Å². The molecule has 1 N–H and O–H groups in total. The molecule has 8 heteroatoms. The van der Waals surface area contributed by atoms with Crippen LogP contribution < -0.4 is 5.32 Å². The summed E-state index contributed by atoms with van der Waals surface area (Å²) in [5.41, 5.74) is 0.745. The van der Waals surface area contributed by atoms with Crippen LogP contribution in [0.15, 0.2) is 46.9 Å². The first-order chi connectivity index (χ1) is 11.1. The second-order valence-corrected chi connectivity index (χ2v) is 5.94. The number of oxime groups is 1. The second-order valence-electron chi connectivity index (χ2n) is 4.91. The summed E-state index contributed by atoms with van der Waals surface area (Å²) >= 11 is 1.55. The van der Waals surface area contributed by atoms with Gasteiger partial charge in [-0.25, -0.2) is 0 Å². The molecule has 0 spiro atoms. The molecule has 0 aliphatic carbocycles. The van der Waals surface area contributed by atoms with Crippen LogP contribution in [0.2, 0.25) is 0 Å². The van der Waals surface area contributed by atoms with Crippen molar-refractivity contribution in [2.24, 2.45) is 5.16 Å². The monoisotopic (exact) mass is 331 g/mol. The van der Waals surface area contributed by atoms with Crippen molar-refractivity contribution < 1.29 is 14.6 Å². The van der Waals surface area contributed by atoms with Gasteiger partial charge in [0, 0.05) is 17.4 Å². The lowest BCUT2D eigenvalue weighted by Gasteiger charge is -2.08. The van der Waals surface area contributed by atoms with E-state index < -0.39 is 11.0 Å². The number of hydrogen-bond acceptors (Lipinski definition) is 6. The third kappa shape index (κ3) is 3.37. The van der Waals surface area contributed by atoms with E-state index in [0.29, 0.717) is 17.8 Å². The minimum atomic E-state index is -0.759. The smallest absolute Gasteiger partial charge is 0.278 e. The zero-order chi connectivity index (χ0) is 16.2. The molecular formula is C15H13N3O4S. The number of carbonyl (C=O) groups excluding carboxylic acids is 1. The standard InChI is InChI=1S/C15H13N3O4S/c19-15(16-9-10-4-3-7-23-10)14-8-12(17-22-14)11-5-1-2-6-13(11)18(20)21/h1-7,14H,8-9H2,(H,16,19)/t14-/m0/s1. The number of nitro groups is 1. The quantitative estimate of drug-likeness (QED) is 0.672. The highest BCUT2D eigenvalue weighted by atomic mass is 32.1. The minimum Gasteiger partial charge on any atom is -0.382 e. The fraction of sp³-hybridized carbons (Fsp3) is 0.200. The zero-order valence-electron chi connectivity index (χ0n) is 12.0. The van der Waals surface area contributed by atoms with Gasteiger partial charge in [-0.05, 0) is 17.5 Å². The van der Waals surface area contributed by atoms with E-state index in [0.717, 1.165) is 4.88 Å². The van der Waals surface area contributed by atoms with Crippen LogP contribution in [0.5, 0.6) is 0 Å². The Morgan fingerprint density at radius 2 is 2.22 bits per heavy atom. The number of nitrogens with one attached hydrogen (secondary N) is 1. The van der Waals surface area contributed by atoms with Crippen LogP contribution in [0.25, 0.3) is 0 Å². The molecule has 0 radical (unpaired) electrons. The lowest BCUT2D eigenvalue weighted by atomic mass is 10.0. The Kier molecular flexibility index (Phi) is 4.33. The fourth-order valence-corrected chi connectivity index (χ4v) is 2.90. The van der Waals surface area contributed by atoms with E-state index in [2.05, 4.69) is 10.5 Å². The molecule has 0 fully saturated rings. The van der Waals surface area contributed by atoms with Crippen molar-refractivity contribution in [2.45, 2.75) is 19.1 Å². The average Bonchev–Trinajstić information content (AvgIpc) is 3.24. The van der Waals surface area contributed by atoms with Crippen LogP contribution in [0.1, 0.15) is 16.9 Å². The van der Waals surface area contributed by atoms with Crippen molar-refractivity contribution in [2.75, 3.05) is 0 Å². The summed E-state index contributed by atoms with van der Waals surface area (Å²) in [4.78, 5) is 28.9. The Labute approximate surface area is 135 Å². The molecule has 0 bridgehead atoms. The predicted molar refractivity (Wildman–Crippen MR) is 85.3 cm³/mol. The lowest BCUT2D eigenvalue weighted by molar-refractivity contribution is -0.385. The van der Waals surface area contributed by atoms with E-state index in [9.17, 15) is 14.9 Å². The summed E-state index contributed by atoms with van der Waals surface area (Å²) in [5.74, 6) is -0.282. The molecule has 7 nitrogen and oxygen atoms in total. The van der Waals surface area contributed by atoms with Gasteiger partial charge in [-0.15, -0.1) is 11.3 Å². The highest BCUT2D eigenvalue weighted by Gasteiger charge is 2.31. The molecule has 0 saturated carbocycles. The highest BCUT2D eigenvalue weighted by Crippen LogP contribution is 2.24. The largest absolute Gasteiger partial charge is 0.382 e. The maximum Gasteiger partial charge on any atom is 0.278 e. The van der Waals surface area contributed by atoms with E-state index in [1.165, 1.54) is 6.07 Å². The van der Waals surface area contributed by atoms with E-state index in [1.54, 1.807) is 29.5 Å². The van der Waals surface area contributed by atoms with Crippen LogP contribution in [0.4, 0.5) is 5.69 Å². The first-order valence-electron chi connectivity index (χ1n) is 6.91. The number of carbonyl (C=O) groups is 1. The maximum atomic E-state index is 12.1. The third-order valence-electron chi connectivity index (χ3n) is 3.39. The number of nitro benzene ring substituents is 1. The Morgan fingerprint density at radius 1 is 1.39 bits per heavy atom. The number of nitrogens with zero attached hydrogens (tertiary/aromatic N) is 2. The Balaban J connectivity index is 1.64. The number of thiophene rings is 1. The molecule has 3 rings (SSSR count). The van der Waals surface area contributed by atoms with E-state index in [-0.39, 0.29) is 18.0 Å². The van der Waals surface area contributed by atoms with Crippen molar-refractivity contribution in [1.29, 1.82) is 0 Å². The molecular weight excluding hydrogens is 318 g/mol. The topological polar surface area (TPSA) is 93.8 Å². The molecule has 1 aliphatic heterocycles. The van der Waals surface area contributed by atoms with Gasteiger partial charge in [-0.2, -0.15) is 0 Å². The minimum absolute atomic E-state index is 0.0468. The Bertz CT molecular complexity index is 758. The number of benzene rings is 1. The van der Waals surface area contributed by atoms with E-state index >= 15 is 0 Å². The molecule has 1 aromatic carbocycles. The van der Waals surface area contributed by atoms with Crippen molar-refractivity contribution in [3.05, 3.63) is 62.3 Å².